The van der Waals surface area contributed by atoms with Gasteiger partial charge in [0.15, 0.2) is 12.4 Å². The molecular weight excluding hydrogens is 340 g/mol. The van der Waals surface area contributed by atoms with Gasteiger partial charge in [-0.2, -0.15) is 0 Å². The summed E-state index contributed by atoms with van der Waals surface area (Å²) in [5, 5.41) is 0. The zero-order valence-electron chi connectivity index (χ0n) is 18.1. The number of benzene rings is 1. The smallest absolute Gasteiger partial charge is 0.170 e. The highest BCUT2D eigenvalue weighted by molar-refractivity contribution is 5.51. The Balaban J connectivity index is 1.91. The van der Waals surface area contributed by atoms with Crippen LogP contribution in [-0.4, -0.2) is 13.1 Å². The molecule has 28 heavy (non-hydrogen) atoms. The quantitative estimate of drug-likeness (QED) is 0.266. The molecule has 0 aliphatic rings. The van der Waals surface area contributed by atoms with Gasteiger partial charge in [0.1, 0.15) is 6.54 Å². The Morgan fingerprint density at radius 2 is 1.32 bits per heavy atom. The molecule has 1 aromatic carbocycles. The Morgan fingerprint density at radius 3 is 1.93 bits per heavy atom. The lowest BCUT2D eigenvalue weighted by Gasteiger charge is -2.23. The Bertz CT molecular complexity index is 720. The van der Waals surface area contributed by atoms with Gasteiger partial charge in [0.05, 0.1) is 0 Å². The van der Waals surface area contributed by atoms with Crippen molar-refractivity contribution in [2.24, 2.45) is 0 Å². The number of anilines is 1. The first-order chi connectivity index (χ1) is 13.8. The summed E-state index contributed by atoms with van der Waals surface area (Å²) in [6.07, 6.45) is 13.3. The number of unbranched alkanes of at least 4 members (excludes halogenated alkanes) is 5. The van der Waals surface area contributed by atoms with Gasteiger partial charge in [-0.3, -0.25) is 0 Å². The van der Waals surface area contributed by atoms with Crippen molar-refractivity contribution in [3.8, 4) is 11.8 Å². The lowest BCUT2D eigenvalue weighted by atomic mass is 10.1. The second-order valence-electron chi connectivity index (χ2n) is 7.47. The number of nitrogens with zero attached hydrogens (tertiary/aromatic N) is 2. The summed E-state index contributed by atoms with van der Waals surface area (Å²) >= 11 is 0. The van der Waals surface area contributed by atoms with E-state index in [2.05, 4.69) is 90.9 Å². The van der Waals surface area contributed by atoms with Gasteiger partial charge < -0.3 is 4.90 Å². The molecule has 2 nitrogen and oxygen atoms in total. The van der Waals surface area contributed by atoms with E-state index in [9.17, 15) is 0 Å². The summed E-state index contributed by atoms with van der Waals surface area (Å²) in [7, 11) is 0. The maximum Gasteiger partial charge on any atom is 0.170 e. The monoisotopic (exact) mass is 377 g/mol. The third kappa shape index (κ3) is 7.77. The van der Waals surface area contributed by atoms with E-state index < -0.39 is 0 Å². The van der Waals surface area contributed by atoms with E-state index in [0.29, 0.717) is 0 Å². The Kier molecular flexibility index (Phi) is 10.2. The zero-order valence-corrected chi connectivity index (χ0v) is 18.1. The van der Waals surface area contributed by atoms with Gasteiger partial charge in [0.25, 0.3) is 0 Å². The third-order valence-corrected chi connectivity index (χ3v) is 5.16. The van der Waals surface area contributed by atoms with Crippen LogP contribution in [0.4, 0.5) is 5.69 Å². The Morgan fingerprint density at radius 1 is 0.714 bits per heavy atom. The number of aryl methyl sites for hydroxylation is 1. The van der Waals surface area contributed by atoms with E-state index in [0.717, 1.165) is 30.8 Å². The van der Waals surface area contributed by atoms with Gasteiger partial charge >= 0.3 is 0 Å². The van der Waals surface area contributed by atoms with Crippen LogP contribution in [0.2, 0.25) is 0 Å². The first-order valence-corrected chi connectivity index (χ1v) is 11.1. The molecule has 0 spiro atoms. The zero-order chi connectivity index (χ0) is 20.0. The molecule has 0 amide bonds. The molecule has 0 N–H and O–H groups in total. The first kappa shape index (κ1) is 22.0. The second kappa shape index (κ2) is 13.0. The van der Waals surface area contributed by atoms with Gasteiger partial charge in [0, 0.05) is 48.5 Å². The van der Waals surface area contributed by atoms with E-state index in [1.165, 1.54) is 50.6 Å². The van der Waals surface area contributed by atoms with Gasteiger partial charge in [-0.1, -0.05) is 51.4 Å². The standard InChI is InChI=1S/C26H37N2/c1-4-7-9-11-21-28(6-3)26-16-14-24(15-17-26)12-13-25-18-22-27(23-19-25)20-10-8-5-2/h14-19,22-23H,4-11,20-21H2,1-3H3/q+1. The molecule has 0 atom stereocenters. The van der Waals surface area contributed by atoms with Gasteiger partial charge in [-0.15, -0.1) is 0 Å². The van der Waals surface area contributed by atoms with Gasteiger partial charge in [-0.05, 0) is 44.0 Å². The average molecular weight is 378 g/mol. The van der Waals surface area contributed by atoms with Crippen LogP contribution >= 0.6 is 0 Å². The van der Waals surface area contributed by atoms with Crippen molar-refractivity contribution in [3.05, 3.63) is 59.9 Å². The molecule has 0 bridgehead atoms. The van der Waals surface area contributed by atoms with Crippen molar-refractivity contribution in [2.45, 2.75) is 72.3 Å². The lowest BCUT2D eigenvalue weighted by Crippen LogP contribution is -2.32. The molecule has 0 radical (unpaired) electrons. The second-order valence-corrected chi connectivity index (χ2v) is 7.47. The number of hydrogen-bond donors (Lipinski definition) is 0. The summed E-state index contributed by atoms with van der Waals surface area (Å²) in [6.45, 7) is 10.0. The molecule has 0 saturated heterocycles. The molecule has 2 rings (SSSR count). The van der Waals surface area contributed by atoms with E-state index in [1.54, 1.807) is 0 Å². The normalized spacial score (nSPS) is 10.4. The molecule has 0 unspecified atom stereocenters. The minimum absolute atomic E-state index is 1.05. The molecule has 2 aromatic rings. The molecule has 1 heterocycles. The average Bonchev–Trinajstić information content (AvgIpc) is 2.74. The Labute approximate surface area is 172 Å². The van der Waals surface area contributed by atoms with E-state index >= 15 is 0 Å². The topological polar surface area (TPSA) is 7.12 Å². The first-order valence-electron chi connectivity index (χ1n) is 11.1. The minimum atomic E-state index is 1.05. The predicted octanol–water partition coefficient (Wildman–Crippen LogP) is 5.97. The molecule has 0 aliphatic heterocycles. The summed E-state index contributed by atoms with van der Waals surface area (Å²) in [5.41, 5.74) is 3.45. The fourth-order valence-electron chi connectivity index (χ4n) is 3.33. The number of hydrogen-bond acceptors (Lipinski definition) is 1. The molecule has 2 heteroatoms. The molecule has 0 saturated carbocycles. The van der Waals surface area contributed by atoms with Gasteiger partial charge in [0.2, 0.25) is 0 Å². The van der Waals surface area contributed by atoms with E-state index in [1.807, 2.05) is 0 Å². The van der Waals surface area contributed by atoms with Crippen LogP contribution in [0.3, 0.4) is 0 Å². The summed E-state index contributed by atoms with van der Waals surface area (Å²) in [5.74, 6) is 6.59. The van der Waals surface area contributed by atoms with Crippen molar-refractivity contribution in [1.82, 2.24) is 0 Å². The maximum absolute atomic E-state index is 3.30. The number of rotatable bonds is 11. The highest BCUT2D eigenvalue weighted by atomic mass is 15.1. The highest BCUT2D eigenvalue weighted by Gasteiger charge is 2.03. The third-order valence-electron chi connectivity index (χ3n) is 5.16. The van der Waals surface area contributed by atoms with Gasteiger partial charge in [-0.25, -0.2) is 4.57 Å². The molecular formula is C26H37N2+. The van der Waals surface area contributed by atoms with E-state index in [4.69, 9.17) is 0 Å². The summed E-state index contributed by atoms with van der Waals surface area (Å²) < 4.78 is 2.25. The summed E-state index contributed by atoms with van der Waals surface area (Å²) in [6, 6.07) is 12.9. The van der Waals surface area contributed by atoms with Crippen LogP contribution in [0.25, 0.3) is 0 Å². The maximum atomic E-state index is 3.30. The SMILES string of the molecule is CCCCCCN(CC)c1ccc(C#Cc2cc[n+](CCCCC)cc2)cc1. The van der Waals surface area contributed by atoms with Crippen molar-refractivity contribution in [1.29, 1.82) is 0 Å². The van der Waals surface area contributed by atoms with Crippen molar-refractivity contribution in [2.75, 3.05) is 18.0 Å². The lowest BCUT2D eigenvalue weighted by molar-refractivity contribution is -0.697. The van der Waals surface area contributed by atoms with Crippen molar-refractivity contribution >= 4 is 5.69 Å². The molecule has 1 aromatic heterocycles. The van der Waals surface area contributed by atoms with Crippen LogP contribution in [0.5, 0.6) is 0 Å². The predicted molar refractivity (Wildman–Crippen MR) is 121 cm³/mol. The van der Waals surface area contributed by atoms with Crippen LogP contribution in [0.15, 0.2) is 48.8 Å². The molecule has 0 aliphatic carbocycles. The molecule has 0 fully saturated rings. The van der Waals surface area contributed by atoms with Crippen molar-refractivity contribution in [3.63, 3.8) is 0 Å². The van der Waals surface area contributed by atoms with E-state index in [-0.39, 0.29) is 0 Å². The fourth-order valence-corrected chi connectivity index (χ4v) is 3.33. The van der Waals surface area contributed by atoms with Crippen molar-refractivity contribution < 1.29 is 4.57 Å². The summed E-state index contributed by atoms with van der Waals surface area (Å²) in [4.78, 5) is 2.46. The minimum Gasteiger partial charge on any atom is -0.372 e. The van der Waals surface area contributed by atoms with Crippen LogP contribution < -0.4 is 9.47 Å². The Hall–Kier alpha value is -2.27. The van der Waals surface area contributed by atoms with Crippen LogP contribution in [0.1, 0.15) is 76.8 Å². The molecule has 150 valence electrons. The largest absolute Gasteiger partial charge is 0.372 e. The number of aromatic nitrogens is 1. The van der Waals surface area contributed by atoms with Crippen LogP contribution in [-0.2, 0) is 6.54 Å². The highest BCUT2D eigenvalue weighted by Crippen LogP contribution is 2.16. The number of pyridine rings is 1. The fraction of sp³-hybridized carbons (Fsp3) is 0.500. The van der Waals surface area contributed by atoms with Crippen LogP contribution in [0, 0.1) is 11.8 Å².